The van der Waals surface area contributed by atoms with E-state index in [-0.39, 0.29) is 5.25 Å². The van der Waals surface area contributed by atoms with Crippen LogP contribution in [0.25, 0.3) is 0 Å². The van der Waals surface area contributed by atoms with Crippen LogP contribution in [0.1, 0.15) is 12.0 Å². The van der Waals surface area contributed by atoms with Gasteiger partial charge in [0.15, 0.2) is 0 Å². The Morgan fingerprint density at radius 1 is 1.58 bits per heavy atom. The number of pyridine rings is 1. The molecule has 2 rings (SSSR count). The number of hydrogen-bond donors (Lipinski definition) is 0. The molecule has 1 heterocycles. The largest absolute Gasteiger partial charge is 0.263 e. The average Bonchev–Trinajstić information content (AvgIpc) is 2.66. The second-order valence-electron chi connectivity index (χ2n) is 3.11. The molecule has 0 saturated heterocycles. The molecule has 1 aromatic heterocycles. The number of hydrogen-bond acceptors (Lipinski definition) is 2. The smallest absolute Gasteiger partial charge is 0.114 e. The molecule has 1 aromatic rings. The van der Waals surface area contributed by atoms with E-state index >= 15 is 0 Å². The minimum Gasteiger partial charge on any atom is -0.263 e. The summed E-state index contributed by atoms with van der Waals surface area (Å²) in [5.74, 6) is 0. The summed E-state index contributed by atoms with van der Waals surface area (Å²) in [5.41, 5.74) is 1.14. The highest BCUT2D eigenvalue weighted by atomic mass is 32.2. The summed E-state index contributed by atoms with van der Waals surface area (Å²) in [6.07, 6.45) is 3.72. The highest BCUT2D eigenvalue weighted by Crippen LogP contribution is 2.41. The van der Waals surface area contributed by atoms with Gasteiger partial charge >= 0.3 is 0 Å². The number of aromatic nitrogens is 1. The maximum Gasteiger partial charge on any atom is 0.114 e. The third-order valence-corrected chi connectivity index (χ3v) is 3.08. The maximum atomic E-state index is 12.5. The molecule has 3 heteroatoms. The summed E-state index contributed by atoms with van der Waals surface area (Å²) < 4.78 is 12.5. The standard InChI is InChI=1S/C9H10FNS/c1-6-2-7(5-11-4-6)12-9-3-8(9)10/h2,4-5,8-9H,3H2,1H3. The number of rotatable bonds is 2. The Morgan fingerprint density at radius 3 is 2.92 bits per heavy atom. The molecule has 64 valence electrons. The molecule has 2 atom stereocenters. The molecule has 1 aliphatic carbocycles. The van der Waals surface area contributed by atoms with Crippen LogP contribution in [0.2, 0.25) is 0 Å². The van der Waals surface area contributed by atoms with Crippen LogP contribution in [0, 0.1) is 6.92 Å². The van der Waals surface area contributed by atoms with E-state index in [2.05, 4.69) is 4.98 Å². The van der Waals surface area contributed by atoms with E-state index in [0.717, 1.165) is 10.5 Å². The molecule has 1 saturated carbocycles. The van der Waals surface area contributed by atoms with Crippen molar-refractivity contribution in [3.05, 3.63) is 24.0 Å². The number of halogens is 1. The molecule has 0 radical (unpaired) electrons. The summed E-state index contributed by atoms with van der Waals surface area (Å²) in [7, 11) is 0. The first-order valence-electron chi connectivity index (χ1n) is 3.98. The van der Waals surface area contributed by atoms with Crippen LogP contribution < -0.4 is 0 Å². The summed E-state index contributed by atoms with van der Waals surface area (Å²) in [6, 6.07) is 2.04. The lowest BCUT2D eigenvalue weighted by Crippen LogP contribution is -1.83. The van der Waals surface area contributed by atoms with Crippen LogP contribution in [-0.2, 0) is 0 Å². The van der Waals surface area contributed by atoms with Gasteiger partial charge in [0.1, 0.15) is 6.17 Å². The predicted octanol–water partition coefficient (Wildman–Crippen LogP) is 2.59. The molecule has 0 spiro atoms. The molecule has 12 heavy (non-hydrogen) atoms. The van der Waals surface area contributed by atoms with Crippen LogP contribution in [-0.4, -0.2) is 16.4 Å². The Morgan fingerprint density at radius 2 is 2.33 bits per heavy atom. The van der Waals surface area contributed by atoms with Gasteiger partial charge in [-0.05, 0) is 25.0 Å². The maximum absolute atomic E-state index is 12.5. The SMILES string of the molecule is Cc1cncc(SC2CC2F)c1. The first kappa shape index (κ1) is 8.05. The Kier molecular flexibility index (Phi) is 2.05. The zero-order valence-electron chi connectivity index (χ0n) is 6.83. The lowest BCUT2D eigenvalue weighted by Gasteiger charge is -1.98. The van der Waals surface area contributed by atoms with Crippen molar-refractivity contribution < 1.29 is 4.39 Å². The molecule has 0 N–H and O–H groups in total. The highest BCUT2D eigenvalue weighted by molar-refractivity contribution is 8.00. The van der Waals surface area contributed by atoms with Crippen molar-refractivity contribution in [2.45, 2.75) is 29.7 Å². The van der Waals surface area contributed by atoms with Crippen LogP contribution in [0.15, 0.2) is 23.4 Å². The Bertz CT molecular complexity index is 290. The molecule has 1 aliphatic rings. The quantitative estimate of drug-likeness (QED) is 0.699. The van der Waals surface area contributed by atoms with Gasteiger partial charge in [-0.15, -0.1) is 11.8 Å². The second kappa shape index (κ2) is 3.05. The molecular formula is C9H10FNS. The van der Waals surface area contributed by atoms with E-state index in [1.807, 2.05) is 19.2 Å². The first-order chi connectivity index (χ1) is 5.75. The van der Waals surface area contributed by atoms with Gasteiger partial charge in [-0.3, -0.25) is 4.98 Å². The lowest BCUT2D eigenvalue weighted by molar-refractivity contribution is 0.482. The van der Waals surface area contributed by atoms with Crippen molar-refractivity contribution in [3.8, 4) is 0 Å². The van der Waals surface area contributed by atoms with Gasteiger partial charge in [0.05, 0.1) is 0 Å². The molecule has 0 bridgehead atoms. The number of thioether (sulfide) groups is 1. The van der Waals surface area contributed by atoms with Gasteiger partial charge < -0.3 is 0 Å². The minimum atomic E-state index is -0.587. The Balaban J connectivity index is 2.03. The van der Waals surface area contributed by atoms with Crippen LogP contribution in [0.3, 0.4) is 0 Å². The van der Waals surface area contributed by atoms with Crippen molar-refractivity contribution in [2.75, 3.05) is 0 Å². The van der Waals surface area contributed by atoms with Gasteiger partial charge in [-0.1, -0.05) is 0 Å². The van der Waals surface area contributed by atoms with Crippen molar-refractivity contribution in [2.24, 2.45) is 0 Å². The van der Waals surface area contributed by atoms with Gasteiger partial charge in [0.25, 0.3) is 0 Å². The number of nitrogens with zero attached hydrogens (tertiary/aromatic N) is 1. The summed E-state index contributed by atoms with van der Waals surface area (Å²) in [6.45, 7) is 2.00. The zero-order chi connectivity index (χ0) is 8.55. The third-order valence-electron chi connectivity index (χ3n) is 1.80. The van der Waals surface area contributed by atoms with Crippen molar-refractivity contribution in [1.82, 2.24) is 4.98 Å². The molecule has 1 fully saturated rings. The van der Waals surface area contributed by atoms with E-state index < -0.39 is 6.17 Å². The fourth-order valence-corrected chi connectivity index (χ4v) is 2.18. The Hall–Kier alpha value is -0.570. The van der Waals surface area contributed by atoms with E-state index in [1.165, 1.54) is 0 Å². The molecular weight excluding hydrogens is 173 g/mol. The first-order valence-corrected chi connectivity index (χ1v) is 4.86. The van der Waals surface area contributed by atoms with Crippen LogP contribution >= 0.6 is 11.8 Å². The average molecular weight is 183 g/mol. The molecule has 0 aliphatic heterocycles. The van der Waals surface area contributed by atoms with E-state index in [1.54, 1.807) is 18.0 Å². The van der Waals surface area contributed by atoms with Gasteiger partial charge in [0.2, 0.25) is 0 Å². The molecule has 1 nitrogen and oxygen atoms in total. The Labute approximate surface area is 75.4 Å². The second-order valence-corrected chi connectivity index (χ2v) is 4.42. The van der Waals surface area contributed by atoms with E-state index in [4.69, 9.17) is 0 Å². The predicted molar refractivity (Wildman–Crippen MR) is 48.1 cm³/mol. The van der Waals surface area contributed by atoms with Crippen molar-refractivity contribution >= 4 is 11.8 Å². The van der Waals surface area contributed by atoms with E-state index in [0.29, 0.717) is 6.42 Å². The van der Waals surface area contributed by atoms with Crippen LogP contribution in [0.5, 0.6) is 0 Å². The van der Waals surface area contributed by atoms with Gasteiger partial charge in [-0.2, -0.15) is 0 Å². The highest BCUT2D eigenvalue weighted by Gasteiger charge is 2.38. The van der Waals surface area contributed by atoms with Crippen LogP contribution in [0.4, 0.5) is 4.39 Å². The monoisotopic (exact) mass is 183 g/mol. The fraction of sp³-hybridized carbons (Fsp3) is 0.444. The molecule has 0 aromatic carbocycles. The van der Waals surface area contributed by atoms with E-state index in [9.17, 15) is 4.39 Å². The summed E-state index contributed by atoms with van der Waals surface area (Å²) in [4.78, 5) is 5.13. The van der Waals surface area contributed by atoms with Gasteiger partial charge in [0, 0.05) is 22.5 Å². The third kappa shape index (κ3) is 1.78. The topological polar surface area (TPSA) is 12.9 Å². The zero-order valence-corrected chi connectivity index (χ0v) is 7.64. The van der Waals surface area contributed by atoms with Crippen molar-refractivity contribution in [1.29, 1.82) is 0 Å². The summed E-state index contributed by atoms with van der Waals surface area (Å²) in [5, 5.41) is 0.189. The number of alkyl halides is 1. The molecule has 0 amide bonds. The number of aryl methyl sites for hydroxylation is 1. The normalized spacial score (nSPS) is 27.2. The molecule has 2 unspecified atom stereocenters. The summed E-state index contributed by atoms with van der Waals surface area (Å²) >= 11 is 1.59. The lowest BCUT2D eigenvalue weighted by atomic mass is 10.3. The fourth-order valence-electron chi connectivity index (χ4n) is 1.03. The minimum absolute atomic E-state index is 0.189. The van der Waals surface area contributed by atoms with Crippen molar-refractivity contribution in [3.63, 3.8) is 0 Å². The van der Waals surface area contributed by atoms with Gasteiger partial charge in [-0.25, -0.2) is 4.39 Å².